The lowest BCUT2D eigenvalue weighted by atomic mass is 10.2. The van der Waals surface area contributed by atoms with Gasteiger partial charge in [0.2, 0.25) is 5.91 Å². The van der Waals surface area contributed by atoms with Crippen molar-refractivity contribution in [2.75, 3.05) is 13.1 Å². The summed E-state index contributed by atoms with van der Waals surface area (Å²) in [6.07, 6.45) is 5.22. The highest BCUT2D eigenvalue weighted by Crippen LogP contribution is 2.03. The first-order chi connectivity index (χ1) is 6.26. The Morgan fingerprint density at radius 2 is 1.77 bits per heavy atom. The summed E-state index contributed by atoms with van der Waals surface area (Å²) >= 11 is 0. The van der Waals surface area contributed by atoms with E-state index in [4.69, 9.17) is 0 Å². The van der Waals surface area contributed by atoms with Crippen molar-refractivity contribution in [3.63, 3.8) is 0 Å². The Kier molecular flexibility index (Phi) is 7.76. The van der Waals surface area contributed by atoms with E-state index in [1.165, 1.54) is 12.8 Å². The van der Waals surface area contributed by atoms with Gasteiger partial charge in [0.1, 0.15) is 0 Å². The van der Waals surface area contributed by atoms with Crippen LogP contribution in [0.4, 0.5) is 0 Å². The van der Waals surface area contributed by atoms with E-state index in [1.807, 2.05) is 11.8 Å². The minimum Gasteiger partial charge on any atom is -0.343 e. The van der Waals surface area contributed by atoms with Gasteiger partial charge in [-0.3, -0.25) is 4.79 Å². The molecule has 1 amide bonds. The molecule has 0 aromatic carbocycles. The van der Waals surface area contributed by atoms with Crippen molar-refractivity contribution < 1.29 is 4.79 Å². The van der Waals surface area contributed by atoms with Gasteiger partial charge < -0.3 is 4.90 Å². The molecule has 0 aromatic rings. The van der Waals surface area contributed by atoms with E-state index in [1.54, 1.807) is 0 Å². The van der Waals surface area contributed by atoms with Gasteiger partial charge in [-0.15, -0.1) is 0 Å². The number of hydrogen-bond donors (Lipinski definition) is 0. The second-order valence-electron chi connectivity index (χ2n) is 3.43. The highest BCUT2D eigenvalue weighted by molar-refractivity contribution is 5.76. The monoisotopic (exact) mass is 185 g/mol. The van der Waals surface area contributed by atoms with Crippen LogP contribution in [-0.4, -0.2) is 23.9 Å². The van der Waals surface area contributed by atoms with Crippen molar-refractivity contribution in [3.05, 3.63) is 0 Å². The fourth-order valence-corrected chi connectivity index (χ4v) is 1.41. The first kappa shape index (κ1) is 12.5. The van der Waals surface area contributed by atoms with Gasteiger partial charge in [-0.1, -0.05) is 26.7 Å². The average Bonchev–Trinajstić information content (AvgIpc) is 2.14. The van der Waals surface area contributed by atoms with Crippen LogP contribution in [0.3, 0.4) is 0 Å². The Balaban J connectivity index is 3.64. The first-order valence-electron chi connectivity index (χ1n) is 5.54. The molecule has 0 rings (SSSR count). The number of hydrogen-bond acceptors (Lipinski definition) is 1. The number of nitrogens with zero attached hydrogens (tertiary/aromatic N) is 1. The van der Waals surface area contributed by atoms with E-state index in [-0.39, 0.29) is 0 Å². The molecule has 0 atom stereocenters. The van der Waals surface area contributed by atoms with Gasteiger partial charge in [0.05, 0.1) is 0 Å². The van der Waals surface area contributed by atoms with E-state index in [0.29, 0.717) is 5.91 Å². The molecule has 0 N–H and O–H groups in total. The Hall–Kier alpha value is -0.530. The molecule has 0 aliphatic heterocycles. The van der Waals surface area contributed by atoms with Crippen LogP contribution in [0.5, 0.6) is 0 Å². The quantitative estimate of drug-likeness (QED) is 0.558. The zero-order chi connectivity index (χ0) is 10.1. The second kappa shape index (κ2) is 8.09. The Bertz CT molecular complexity index is 134. The van der Waals surface area contributed by atoms with Crippen LogP contribution in [0, 0.1) is 0 Å². The van der Waals surface area contributed by atoms with Crippen molar-refractivity contribution in [3.8, 4) is 0 Å². The van der Waals surface area contributed by atoms with Crippen LogP contribution >= 0.6 is 0 Å². The maximum Gasteiger partial charge on any atom is 0.222 e. The molecule has 0 heterocycles. The SMILES string of the molecule is CCCCCC(=O)N(CC)CCC. The third-order valence-corrected chi connectivity index (χ3v) is 2.22. The number of amides is 1. The van der Waals surface area contributed by atoms with Crippen LogP contribution in [0.15, 0.2) is 0 Å². The van der Waals surface area contributed by atoms with Crippen molar-refractivity contribution in [2.24, 2.45) is 0 Å². The van der Waals surface area contributed by atoms with E-state index < -0.39 is 0 Å². The highest BCUT2D eigenvalue weighted by Gasteiger charge is 2.08. The van der Waals surface area contributed by atoms with Gasteiger partial charge in [-0.2, -0.15) is 0 Å². The van der Waals surface area contributed by atoms with Gasteiger partial charge in [0, 0.05) is 19.5 Å². The smallest absolute Gasteiger partial charge is 0.222 e. The second-order valence-corrected chi connectivity index (χ2v) is 3.43. The fourth-order valence-electron chi connectivity index (χ4n) is 1.41. The molecule has 2 heteroatoms. The molecule has 2 nitrogen and oxygen atoms in total. The minimum atomic E-state index is 0.331. The van der Waals surface area contributed by atoms with E-state index >= 15 is 0 Å². The summed E-state index contributed by atoms with van der Waals surface area (Å²) in [5, 5.41) is 0. The van der Waals surface area contributed by atoms with Gasteiger partial charge in [0.15, 0.2) is 0 Å². The van der Waals surface area contributed by atoms with Crippen molar-refractivity contribution in [2.45, 2.75) is 52.9 Å². The summed E-state index contributed by atoms with van der Waals surface area (Å²) in [5.74, 6) is 0.331. The van der Waals surface area contributed by atoms with Gasteiger partial charge in [-0.25, -0.2) is 0 Å². The summed E-state index contributed by atoms with van der Waals surface area (Å²) in [6, 6.07) is 0. The maximum absolute atomic E-state index is 11.6. The Morgan fingerprint density at radius 3 is 2.23 bits per heavy atom. The van der Waals surface area contributed by atoms with E-state index in [2.05, 4.69) is 13.8 Å². The Morgan fingerprint density at radius 1 is 1.08 bits per heavy atom. The molecule has 0 unspecified atom stereocenters. The minimum absolute atomic E-state index is 0.331. The molecule has 0 saturated heterocycles. The van der Waals surface area contributed by atoms with Crippen molar-refractivity contribution in [1.29, 1.82) is 0 Å². The summed E-state index contributed by atoms with van der Waals surface area (Å²) in [7, 11) is 0. The highest BCUT2D eigenvalue weighted by atomic mass is 16.2. The van der Waals surface area contributed by atoms with Gasteiger partial charge >= 0.3 is 0 Å². The number of carbonyl (C=O) groups excluding carboxylic acids is 1. The predicted octanol–water partition coefficient (Wildman–Crippen LogP) is 2.83. The molecule has 13 heavy (non-hydrogen) atoms. The fraction of sp³-hybridized carbons (Fsp3) is 0.909. The zero-order valence-corrected chi connectivity index (χ0v) is 9.31. The zero-order valence-electron chi connectivity index (χ0n) is 9.31. The molecule has 0 saturated carbocycles. The number of carbonyl (C=O) groups is 1. The van der Waals surface area contributed by atoms with Crippen LogP contribution in [-0.2, 0) is 4.79 Å². The lowest BCUT2D eigenvalue weighted by Crippen LogP contribution is -2.31. The third kappa shape index (κ3) is 5.67. The number of unbranched alkanes of at least 4 members (excludes halogenated alkanes) is 2. The molecule has 0 aromatic heterocycles. The molecular formula is C11H23NO. The molecule has 0 fully saturated rings. The maximum atomic E-state index is 11.6. The summed E-state index contributed by atoms with van der Waals surface area (Å²) in [5.41, 5.74) is 0. The van der Waals surface area contributed by atoms with E-state index in [9.17, 15) is 4.79 Å². The molecule has 0 radical (unpaired) electrons. The van der Waals surface area contributed by atoms with Gasteiger partial charge in [-0.05, 0) is 19.8 Å². The third-order valence-electron chi connectivity index (χ3n) is 2.22. The topological polar surface area (TPSA) is 20.3 Å². The number of rotatable bonds is 7. The molecule has 78 valence electrons. The molecular weight excluding hydrogens is 162 g/mol. The standard InChI is InChI=1S/C11H23NO/c1-4-7-8-9-11(13)12(6-3)10-5-2/h4-10H2,1-3H3. The molecule has 0 bridgehead atoms. The van der Waals surface area contributed by atoms with Crippen LogP contribution < -0.4 is 0 Å². The van der Waals surface area contributed by atoms with Crippen LogP contribution in [0.2, 0.25) is 0 Å². The normalized spacial score (nSPS) is 10.1. The first-order valence-corrected chi connectivity index (χ1v) is 5.54. The van der Waals surface area contributed by atoms with Crippen LogP contribution in [0.1, 0.15) is 52.9 Å². The molecule has 0 aliphatic carbocycles. The average molecular weight is 185 g/mol. The summed E-state index contributed by atoms with van der Waals surface area (Å²) in [6.45, 7) is 8.10. The summed E-state index contributed by atoms with van der Waals surface area (Å²) in [4.78, 5) is 13.5. The van der Waals surface area contributed by atoms with Crippen LogP contribution in [0.25, 0.3) is 0 Å². The van der Waals surface area contributed by atoms with E-state index in [0.717, 1.165) is 32.4 Å². The largest absolute Gasteiger partial charge is 0.343 e. The molecule has 0 aliphatic rings. The molecule has 0 spiro atoms. The lowest BCUT2D eigenvalue weighted by Gasteiger charge is -2.19. The Labute approximate surface area is 82.3 Å². The predicted molar refractivity (Wildman–Crippen MR) is 56.7 cm³/mol. The van der Waals surface area contributed by atoms with Crippen molar-refractivity contribution >= 4 is 5.91 Å². The van der Waals surface area contributed by atoms with Crippen molar-refractivity contribution in [1.82, 2.24) is 4.90 Å². The summed E-state index contributed by atoms with van der Waals surface area (Å²) < 4.78 is 0. The van der Waals surface area contributed by atoms with Gasteiger partial charge in [0.25, 0.3) is 0 Å². The lowest BCUT2D eigenvalue weighted by molar-refractivity contribution is -0.131.